The zero-order valence-electron chi connectivity index (χ0n) is 25.0. The highest BCUT2D eigenvalue weighted by Gasteiger charge is 2.25. The maximum atomic E-state index is 15.0. The molecular formula is C34H32ClFN4O4S. The highest BCUT2D eigenvalue weighted by Crippen LogP contribution is 2.39. The van der Waals surface area contributed by atoms with Crippen LogP contribution in [0.2, 0.25) is 5.02 Å². The van der Waals surface area contributed by atoms with Crippen molar-refractivity contribution in [2.45, 2.75) is 26.6 Å². The number of benzene rings is 3. The molecule has 0 aliphatic carbocycles. The molecule has 0 atom stereocenters. The SMILES string of the molecule is CCOC(=O)c1cn(Cc2c(F)cccc2Cl)c2sc(-c3ccc(NC(=O)NC)cc3)c(CN(C)Cc3ccccc3)c2c1=O. The smallest absolute Gasteiger partial charge is 0.343 e. The lowest BCUT2D eigenvalue weighted by Gasteiger charge is -2.18. The van der Waals surface area contributed by atoms with Gasteiger partial charge < -0.3 is 19.9 Å². The first-order valence-corrected chi connectivity index (χ1v) is 15.5. The molecular weight excluding hydrogens is 615 g/mol. The Hall–Kier alpha value is -4.51. The van der Waals surface area contributed by atoms with Crippen molar-refractivity contribution in [3.05, 3.63) is 122 Å². The first kappa shape index (κ1) is 31.9. The van der Waals surface area contributed by atoms with Crippen LogP contribution < -0.4 is 16.1 Å². The molecule has 2 aromatic heterocycles. The van der Waals surface area contributed by atoms with E-state index in [0.29, 0.717) is 29.0 Å². The number of anilines is 1. The summed E-state index contributed by atoms with van der Waals surface area (Å²) in [5.74, 6) is -1.25. The van der Waals surface area contributed by atoms with Crippen molar-refractivity contribution in [1.29, 1.82) is 0 Å². The second-order valence-electron chi connectivity index (χ2n) is 10.4. The van der Waals surface area contributed by atoms with Gasteiger partial charge in [0.1, 0.15) is 16.2 Å². The number of esters is 1. The molecule has 5 aromatic rings. The van der Waals surface area contributed by atoms with Gasteiger partial charge in [0.2, 0.25) is 5.43 Å². The molecule has 0 fully saturated rings. The van der Waals surface area contributed by atoms with Gasteiger partial charge in [-0.15, -0.1) is 11.3 Å². The highest BCUT2D eigenvalue weighted by molar-refractivity contribution is 7.22. The van der Waals surface area contributed by atoms with E-state index >= 15 is 0 Å². The molecule has 2 amide bonds. The number of nitrogens with one attached hydrogen (secondary N) is 2. The molecule has 11 heteroatoms. The van der Waals surface area contributed by atoms with E-state index in [1.54, 1.807) is 29.7 Å². The van der Waals surface area contributed by atoms with Crippen LogP contribution in [0.3, 0.4) is 0 Å². The number of hydrogen-bond donors (Lipinski definition) is 2. The van der Waals surface area contributed by atoms with Gasteiger partial charge in [-0.25, -0.2) is 14.0 Å². The number of carbonyl (C=O) groups is 2. The summed E-state index contributed by atoms with van der Waals surface area (Å²) in [7, 11) is 3.50. The Kier molecular flexibility index (Phi) is 9.97. The van der Waals surface area contributed by atoms with Gasteiger partial charge in [-0.1, -0.05) is 60.1 Å². The molecule has 2 N–H and O–H groups in total. The Bertz CT molecular complexity index is 1890. The fourth-order valence-electron chi connectivity index (χ4n) is 5.12. The number of hydrogen-bond acceptors (Lipinski definition) is 6. The molecule has 0 spiro atoms. The summed E-state index contributed by atoms with van der Waals surface area (Å²) < 4.78 is 21.9. The van der Waals surface area contributed by atoms with E-state index in [-0.39, 0.29) is 35.3 Å². The Morgan fingerprint density at radius 3 is 2.40 bits per heavy atom. The van der Waals surface area contributed by atoms with Gasteiger partial charge in [0, 0.05) is 47.5 Å². The third kappa shape index (κ3) is 7.09. The Labute approximate surface area is 269 Å². The molecule has 0 aliphatic rings. The highest BCUT2D eigenvalue weighted by atomic mass is 35.5. The molecule has 2 heterocycles. The van der Waals surface area contributed by atoms with Crippen LogP contribution in [0.1, 0.15) is 34.0 Å². The van der Waals surface area contributed by atoms with Gasteiger partial charge >= 0.3 is 12.0 Å². The lowest BCUT2D eigenvalue weighted by molar-refractivity contribution is 0.0524. The third-order valence-corrected chi connectivity index (χ3v) is 8.92. The number of carbonyl (C=O) groups excluding carboxylic acids is 2. The van der Waals surface area contributed by atoms with E-state index in [4.69, 9.17) is 16.3 Å². The summed E-state index contributed by atoms with van der Waals surface area (Å²) in [6.45, 7) is 2.74. The lowest BCUT2D eigenvalue weighted by Crippen LogP contribution is -2.24. The maximum absolute atomic E-state index is 15.0. The third-order valence-electron chi connectivity index (χ3n) is 7.25. The van der Waals surface area contributed by atoms with Gasteiger partial charge in [-0.2, -0.15) is 0 Å². The van der Waals surface area contributed by atoms with Crippen LogP contribution in [0.25, 0.3) is 20.7 Å². The van der Waals surface area contributed by atoms with Gasteiger partial charge in [0.25, 0.3) is 0 Å². The van der Waals surface area contributed by atoms with Crippen LogP contribution in [0, 0.1) is 5.82 Å². The normalized spacial score (nSPS) is 11.2. The summed E-state index contributed by atoms with van der Waals surface area (Å²) in [5.41, 5.74) is 2.88. The zero-order valence-corrected chi connectivity index (χ0v) is 26.6. The monoisotopic (exact) mass is 646 g/mol. The van der Waals surface area contributed by atoms with Crippen LogP contribution in [-0.4, -0.2) is 42.2 Å². The molecule has 232 valence electrons. The average Bonchev–Trinajstić information content (AvgIpc) is 3.40. The molecule has 3 aromatic carbocycles. The predicted octanol–water partition coefficient (Wildman–Crippen LogP) is 7.13. The van der Waals surface area contributed by atoms with E-state index in [0.717, 1.165) is 21.6 Å². The summed E-state index contributed by atoms with van der Waals surface area (Å²) in [6, 6.07) is 21.4. The average molecular weight is 647 g/mol. The number of thiophene rings is 1. The van der Waals surface area contributed by atoms with Crippen molar-refractivity contribution in [3.63, 3.8) is 0 Å². The molecule has 0 radical (unpaired) electrons. The zero-order chi connectivity index (χ0) is 32.1. The Morgan fingerprint density at radius 1 is 1.00 bits per heavy atom. The number of aromatic nitrogens is 1. The van der Waals surface area contributed by atoms with Crippen molar-refractivity contribution < 1.29 is 18.7 Å². The number of halogens is 2. The van der Waals surface area contributed by atoms with Crippen LogP contribution in [0.4, 0.5) is 14.9 Å². The van der Waals surface area contributed by atoms with E-state index in [9.17, 15) is 18.8 Å². The van der Waals surface area contributed by atoms with E-state index in [2.05, 4.69) is 15.5 Å². The first-order valence-electron chi connectivity index (χ1n) is 14.3. The topological polar surface area (TPSA) is 92.7 Å². The van der Waals surface area contributed by atoms with Crippen molar-refractivity contribution in [3.8, 4) is 10.4 Å². The number of nitrogens with zero attached hydrogens (tertiary/aromatic N) is 2. The number of pyridine rings is 1. The van der Waals surface area contributed by atoms with E-state index in [1.165, 1.54) is 36.7 Å². The summed E-state index contributed by atoms with van der Waals surface area (Å²) >= 11 is 7.78. The molecule has 0 saturated heterocycles. The first-order chi connectivity index (χ1) is 21.7. The number of urea groups is 1. The van der Waals surface area contributed by atoms with Crippen molar-refractivity contribution >= 4 is 50.8 Å². The molecule has 45 heavy (non-hydrogen) atoms. The van der Waals surface area contributed by atoms with Crippen molar-refractivity contribution in [1.82, 2.24) is 14.8 Å². The van der Waals surface area contributed by atoms with Gasteiger partial charge in [0.15, 0.2) is 0 Å². The fourth-order valence-corrected chi connectivity index (χ4v) is 6.64. The minimum atomic E-state index is -0.751. The summed E-state index contributed by atoms with van der Waals surface area (Å²) in [6.07, 6.45) is 1.43. The molecule has 0 saturated carbocycles. The molecule has 8 nitrogen and oxygen atoms in total. The van der Waals surface area contributed by atoms with E-state index in [1.807, 2.05) is 49.5 Å². The van der Waals surface area contributed by atoms with E-state index < -0.39 is 17.2 Å². The van der Waals surface area contributed by atoms with Crippen LogP contribution >= 0.6 is 22.9 Å². The van der Waals surface area contributed by atoms with Crippen molar-refractivity contribution in [2.75, 3.05) is 26.0 Å². The van der Waals surface area contributed by atoms with Gasteiger partial charge in [-0.05, 0) is 54.9 Å². The predicted molar refractivity (Wildman–Crippen MR) is 178 cm³/mol. The lowest BCUT2D eigenvalue weighted by atomic mass is 10.0. The number of rotatable bonds is 10. The Balaban J connectivity index is 1.72. The molecule has 5 rings (SSSR count). The van der Waals surface area contributed by atoms with Crippen LogP contribution in [0.5, 0.6) is 0 Å². The second kappa shape index (κ2) is 14.1. The van der Waals surface area contributed by atoms with Gasteiger partial charge in [0.05, 0.1) is 18.5 Å². The number of fused-ring (bicyclic) bond motifs is 1. The molecule has 0 bridgehead atoms. The standard InChI is InChI=1S/C34H32ClFN4O4S/c1-4-44-33(42)26-20-40(19-24-27(35)11-8-12-28(24)36)32-29(30(26)41)25(18-39(3)17-21-9-6-5-7-10-21)31(45-32)22-13-15-23(16-14-22)38-34(43)37-2/h5-16,20H,4,17-19H2,1-3H3,(H2,37,38,43). The maximum Gasteiger partial charge on any atom is 0.343 e. The number of amides is 2. The Morgan fingerprint density at radius 2 is 1.73 bits per heavy atom. The van der Waals surface area contributed by atoms with Crippen molar-refractivity contribution in [2.24, 2.45) is 0 Å². The minimum Gasteiger partial charge on any atom is -0.462 e. The minimum absolute atomic E-state index is 0.0110. The summed E-state index contributed by atoms with van der Waals surface area (Å²) in [5, 5.41) is 5.87. The largest absolute Gasteiger partial charge is 0.462 e. The van der Waals surface area contributed by atoms with Gasteiger partial charge in [-0.3, -0.25) is 9.69 Å². The molecule has 0 unspecified atom stereocenters. The quantitative estimate of drug-likeness (QED) is 0.158. The molecule has 0 aliphatic heterocycles. The summed E-state index contributed by atoms with van der Waals surface area (Å²) in [4.78, 5) is 42.5. The van der Waals surface area contributed by atoms with Crippen LogP contribution in [0.15, 0.2) is 83.8 Å². The fraction of sp³-hybridized carbons (Fsp3) is 0.206. The number of ether oxygens (including phenoxy) is 1. The second-order valence-corrected chi connectivity index (χ2v) is 11.9. The van der Waals surface area contributed by atoms with Crippen LogP contribution in [-0.2, 0) is 24.4 Å².